The van der Waals surface area contributed by atoms with Crippen molar-refractivity contribution in [2.24, 2.45) is 0 Å². The zero-order valence-electron chi connectivity index (χ0n) is 14.6. The van der Waals surface area contributed by atoms with Crippen LogP contribution in [-0.4, -0.2) is 19.1 Å². The Morgan fingerprint density at radius 2 is 1.96 bits per heavy atom. The zero-order valence-corrected chi connectivity index (χ0v) is 15.4. The van der Waals surface area contributed by atoms with Gasteiger partial charge in [-0.05, 0) is 37.3 Å². The number of halogens is 4. The lowest BCUT2D eigenvalue weighted by molar-refractivity contribution is -0.138. The van der Waals surface area contributed by atoms with Crippen LogP contribution in [0.4, 0.5) is 18.0 Å². The largest absolute Gasteiger partial charge is 0.466 e. The third-order valence-corrected chi connectivity index (χ3v) is 4.47. The lowest BCUT2D eigenvalue weighted by atomic mass is 10.0. The first-order chi connectivity index (χ1) is 13.1. The Morgan fingerprint density at radius 3 is 2.61 bits per heavy atom. The number of amides is 2. The van der Waals surface area contributed by atoms with Crippen LogP contribution in [0, 0.1) is 0 Å². The molecule has 2 N–H and O–H groups in total. The molecule has 2 aromatic rings. The van der Waals surface area contributed by atoms with Crippen molar-refractivity contribution in [1.29, 1.82) is 0 Å². The molecule has 0 saturated heterocycles. The van der Waals surface area contributed by atoms with Crippen LogP contribution in [0.3, 0.4) is 0 Å². The molecule has 3 rings (SSSR count). The number of carbonyl (C=O) groups excluding carboxylic acids is 2. The average molecular weight is 415 g/mol. The number of alkyl halides is 3. The van der Waals surface area contributed by atoms with Gasteiger partial charge in [0.25, 0.3) is 0 Å². The number of benzene rings is 1. The van der Waals surface area contributed by atoms with E-state index >= 15 is 0 Å². The molecule has 2 heterocycles. The van der Waals surface area contributed by atoms with Crippen molar-refractivity contribution < 1.29 is 31.9 Å². The van der Waals surface area contributed by atoms with Gasteiger partial charge in [-0.3, -0.25) is 0 Å². The predicted octanol–water partition coefficient (Wildman–Crippen LogP) is 4.42. The molecule has 0 unspecified atom stereocenters. The fraction of sp³-hybridized carbons (Fsp3) is 0.222. The number of hydrogen-bond donors (Lipinski definition) is 2. The van der Waals surface area contributed by atoms with E-state index in [1.165, 1.54) is 26.2 Å². The zero-order chi connectivity index (χ0) is 20.6. The molecule has 0 bridgehead atoms. The van der Waals surface area contributed by atoms with Crippen LogP contribution in [-0.2, 0) is 15.7 Å². The molecule has 1 aliphatic rings. The van der Waals surface area contributed by atoms with Crippen molar-refractivity contribution >= 4 is 23.6 Å². The summed E-state index contributed by atoms with van der Waals surface area (Å²) in [6.07, 6.45) is -4.55. The first-order valence-electron chi connectivity index (χ1n) is 7.95. The Morgan fingerprint density at radius 1 is 1.25 bits per heavy atom. The molecule has 1 atom stereocenters. The quantitative estimate of drug-likeness (QED) is 0.728. The molecule has 0 saturated carbocycles. The SMILES string of the molecule is COC(=O)C1=C(C)NC(=O)N[C@H]1c1ccc(-c2cc(C(F)(F)F)ccc2Cl)o1. The molecule has 0 fully saturated rings. The normalized spacial score (nSPS) is 17.2. The predicted molar refractivity (Wildman–Crippen MR) is 93.3 cm³/mol. The van der Waals surface area contributed by atoms with Crippen molar-refractivity contribution in [1.82, 2.24) is 10.6 Å². The maximum absolute atomic E-state index is 13.0. The molecule has 1 aliphatic heterocycles. The minimum atomic E-state index is -4.55. The summed E-state index contributed by atoms with van der Waals surface area (Å²) in [5, 5.41) is 5.04. The van der Waals surface area contributed by atoms with Crippen LogP contribution in [0.2, 0.25) is 5.02 Å². The molecular formula is C18H14ClF3N2O4. The number of ether oxygens (including phenoxy) is 1. The number of allylic oxidation sites excluding steroid dienone is 1. The second kappa shape index (κ2) is 7.23. The number of nitrogens with one attached hydrogen (secondary N) is 2. The summed E-state index contributed by atoms with van der Waals surface area (Å²) < 4.78 is 49.4. The third kappa shape index (κ3) is 3.70. The minimum absolute atomic E-state index is 0.0309. The fourth-order valence-corrected chi connectivity index (χ4v) is 3.04. The summed E-state index contributed by atoms with van der Waals surface area (Å²) in [7, 11) is 1.19. The van der Waals surface area contributed by atoms with E-state index in [2.05, 4.69) is 10.6 Å². The number of urea groups is 1. The van der Waals surface area contributed by atoms with Crippen LogP contribution in [0.5, 0.6) is 0 Å². The van der Waals surface area contributed by atoms with Crippen molar-refractivity contribution in [2.75, 3.05) is 7.11 Å². The number of furan rings is 1. The molecule has 2 amide bonds. The lowest BCUT2D eigenvalue weighted by Crippen LogP contribution is -2.45. The van der Waals surface area contributed by atoms with Crippen LogP contribution in [0.15, 0.2) is 46.0 Å². The van der Waals surface area contributed by atoms with Crippen LogP contribution in [0.25, 0.3) is 11.3 Å². The first-order valence-corrected chi connectivity index (χ1v) is 8.33. The van der Waals surface area contributed by atoms with Crippen LogP contribution in [0.1, 0.15) is 24.3 Å². The molecule has 1 aromatic heterocycles. The number of methoxy groups -OCH3 is 1. The average Bonchev–Trinajstić information content (AvgIpc) is 3.09. The summed E-state index contributed by atoms with van der Waals surface area (Å²) in [6.45, 7) is 1.52. The number of rotatable bonds is 3. The summed E-state index contributed by atoms with van der Waals surface area (Å²) in [5.74, 6) is -0.496. The summed E-state index contributed by atoms with van der Waals surface area (Å²) >= 11 is 6.03. The van der Waals surface area contributed by atoms with E-state index in [-0.39, 0.29) is 33.4 Å². The number of carbonyl (C=O) groups is 2. The molecule has 10 heteroatoms. The highest BCUT2D eigenvalue weighted by atomic mass is 35.5. The van der Waals surface area contributed by atoms with Gasteiger partial charge in [-0.25, -0.2) is 9.59 Å². The molecule has 6 nitrogen and oxygen atoms in total. The Bertz CT molecular complexity index is 981. The second-order valence-corrected chi connectivity index (χ2v) is 6.36. The monoisotopic (exact) mass is 414 g/mol. The molecule has 148 valence electrons. The topological polar surface area (TPSA) is 80.6 Å². The highest BCUT2D eigenvalue weighted by molar-refractivity contribution is 6.33. The molecule has 0 radical (unpaired) electrons. The number of hydrogen-bond acceptors (Lipinski definition) is 4. The highest BCUT2D eigenvalue weighted by Crippen LogP contribution is 2.38. The van der Waals surface area contributed by atoms with Gasteiger partial charge in [0.2, 0.25) is 0 Å². The lowest BCUT2D eigenvalue weighted by Gasteiger charge is -2.26. The van der Waals surface area contributed by atoms with E-state index in [0.29, 0.717) is 0 Å². The number of esters is 1. The van der Waals surface area contributed by atoms with Crippen LogP contribution >= 0.6 is 11.6 Å². The highest BCUT2D eigenvalue weighted by Gasteiger charge is 2.35. The van der Waals surface area contributed by atoms with Gasteiger partial charge in [0.1, 0.15) is 17.6 Å². The standard InChI is InChI=1S/C18H14ClF3N2O4/c1-8-14(16(25)27-2)15(24-17(26)23-8)13-6-5-12(28-13)10-7-9(18(20,21)22)3-4-11(10)19/h3-7,15H,1-2H3,(H2,23,24,26)/t15-/m0/s1. The minimum Gasteiger partial charge on any atom is -0.466 e. The van der Waals surface area contributed by atoms with Gasteiger partial charge >= 0.3 is 18.2 Å². The fourth-order valence-electron chi connectivity index (χ4n) is 2.83. The van der Waals surface area contributed by atoms with Gasteiger partial charge in [0, 0.05) is 11.3 Å². The molecule has 1 aromatic carbocycles. The van der Waals surface area contributed by atoms with E-state index in [4.69, 9.17) is 20.8 Å². The Kier molecular flexibility index (Phi) is 5.12. The van der Waals surface area contributed by atoms with Crippen molar-refractivity contribution in [3.8, 4) is 11.3 Å². The van der Waals surface area contributed by atoms with E-state index < -0.39 is 29.8 Å². The summed E-state index contributed by atoms with van der Waals surface area (Å²) in [6, 6.07) is 4.18. The van der Waals surface area contributed by atoms with Crippen molar-refractivity contribution in [3.63, 3.8) is 0 Å². The molecule has 0 spiro atoms. The van der Waals surface area contributed by atoms with Crippen molar-refractivity contribution in [3.05, 3.63) is 57.9 Å². The van der Waals surface area contributed by atoms with Gasteiger partial charge in [0.05, 0.1) is 23.3 Å². The smallest absolute Gasteiger partial charge is 0.416 e. The van der Waals surface area contributed by atoms with Gasteiger partial charge in [-0.15, -0.1) is 0 Å². The van der Waals surface area contributed by atoms with Crippen LogP contribution < -0.4 is 10.6 Å². The van der Waals surface area contributed by atoms with E-state index in [0.717, 1.165) is 18.2 Å². The van der Waals surface area contributed by atoms with Gasteiger partial charge in [-0.2, -0.15) is 13.2 Å². The Labute approximate surface area is 162 Å². The Balaban J connectivity index is 2.04. The second-order valence-electron chi connectivity index (χ2n) is 5.96. The van der Waals surface area contributed by atoms with E-state index in [9.17, 15) is 22.8 Å². The van der Waals surface area contributed by atoms with Gasteiger partial charge in [-0.1, -0.05) is 11.6 Å². The van der Waals surface area contributed by atoms with Crippen molar-refractivity contribution in [2.45, 2.75) is 19.1 Å². The summed E-state index contributed by atoms with van der Waals surface area (Å²) in [5.41, 5.74) is -0.469. The first kappa shape index (κ1) is 19.8. The molecule has 0 aliphatic carbocycles. The van der Waals surface area contributed by atoms with E-state index in [1.54, 1.807) is 0 Å². The van der Waals surface area contributed by atoms with Gasteiger partial charge < -0.3 is 19.8 Å². The van der Waals surface area contributed by atoms with E-state index in [1.807, 2.05) is 0 Å². The summed E-state index contributed by atoms with van der Waals surface area (Å²) in [4.78, 5) is 23.9. The Hall–Kier alpha value is -2.94. The maximum Gasteiger partial charge on any atom is 0.416 e. The third-order valence-electron chi connectivity index (χ3n) is 4.14. The molecular weight excluding hydrogens is 401 g/mol. The maximum atomic E-state index is 13.0. The van der Waals surface area contributed by atoms with Gasteiger partial charge in [0.15, 0.2) is 0 Å². The molecule has 28 heavy (non-hydrogen) atoms.